The molecule has 0 atom stereocenters. The predicted octanol–water partition coefficient (Wildman–Crippen LogP) is 0.980. The van der Waals surface area contributed by atoms with Gasteiger partial charge in [-0.2, -0.15) is 0 Å². The molecular formula is C12H14FNO5S. The summed E-state index contributed by atoms with van der Waals surface area (Å²) in [6, 6.07) is 2.43. The molecule has 2 rings (SSSR count). The van der Waals surface area contributed by atoms with Crippen molar-refractivity contribution in [1.29, 1.82) is 0 Å². The SMILES string of the molecule is COC1CC(NS(=O)(=O)c2ccc(F)c(C(=O)O)c2)C1. The van der Waals surface area contributed by atoms with E-state index in [1.807, 2.05) is 0 Å². The van der Waals surface area contributed by atoms with Gasteiger partial charge in [0.05, 0.1) is 16.6 Å². The Morgan fingerprint density at radius 2 is 2.10 bits per heavy atom. The molecule has 2 N–H and O–H groups in total. The number of benzene rings is 1. The van der Waals surface area contributed by atoms with E-state index in [1.165, 1.54) is 0 Å². The molecule has 1 aromatic carbocycles. The van der Waals surface area contributed by atoms with Crippen LogP contribution >= 0.6 is 0 Å². The molecule has 0 aliphatic heterocycles. The summed E-state index contributed by atoms with van der Waals surface area (Å²) >= 11 is 0. The third kappa shape index (κ3) is 2.97. The molecule has 20 heavy (non-hydrogen) atoms. The lowest BCUT2D eigenvalue weighted by atomic mass is 9.90. The normalized spacial score (nSPS) is 22.3. The zero-order chi connectivity index (χ0) is 14.9. The molecular weight excluding hydrogens is 289 g/mol. The Bertz CT molecular complexity index is 625. The maximum Gasteiger partial charge on any atom is 0.338 e. The number of carbonyl (C=O) groups is 1. The Labute approximate surface area is 115 Å². The second-order valence-corrected chi connectivity index (χ2v) is 6.31. The average Bonchev–Trinajstić information content (AvgIpc) is 2.33. The minimum Gasteiger partial charge on any atom is -0.478 e. The molecule has 1 aliphatic rings. The lowest BCUT2D eigenvalue weighted by Crippen LogP contribution is -2.47. The summed E-state index contributed by atoms with van der Waals surface area (Å²) in [6.45, 7) is 0. The predicted molar refractivity (Wildman–Crippen MR) is 67.5 cm³/mol. The first-order valence-electron chi connectivity index (χ1n) is 5.91. The summed E-state index contributed by atoms with van der Waals surface area (Å²) in [4.78, 5) is 10.5. The van der Waals surface area contributed by atoms with Gasteiger partial charge in [-0.1, -0.05) is 0 Å². The number of sulfonamides is 1. The van der Waals surface area contributed by atoms with Crippen LogP contribution in [0.3, 0.4) is 0 Å². The fourth-order valence-electron chi connectivity index (χ4n) is 1.98. The monoisotopic (exact) mass is 303 g/mol. The minimum absolute atomic E-state index is 0.0329. The van der Waals surface area contributed by atoms with Crippen LogP contribution in [-0.4, -0.2) is 38.7 Å². The largest absolute Gasteiger partial charge is 0.478 e. The average molecular weight is 303 g/mol. The lowest BCUT2D eigenvalue weighted by Gasteiger charge is -2.34. The van der Waals surface area contributed by atoms with Gasteiger partial charge < -0.3 is 9.84 Å². The van der Waals surface area contributed by atoms with Gasteiger partial charge in [0.25, 0.3) is 0 Å². The summed E-state index contributed by atoms with van der Waals surface area (Å²) in [5, 5.41) is 8.79. The maximum atomic E-state index is 13.2. The van der Waals surface area contributed by atoms with E-state index in [1.54, 1.807) is 7.11 Å². The van der Waals surface area contributed by atoms with Crippen molar-refractivity contribution in [3.05, 3.63) is 29.6 Å². The smallest absolute Gasteiger partial charge is 0.338 e. The Kier molecular flexibility index (Phi) is 4.07. The van der Waals surface area contributed by atoms with Gasteiger partial charge in [-0.05, 0) is 31.0 Å². The molecule has 8 heteroatoms. The zero-order valence-corrected chi connectivity index (χ0v) is 11.5. The van der Waals surface area contributed by atoms with Gasteiger partial charge in [0, 0.05) is 13.2 Å². The van der Waals surface area contributed by atoms with Crippen LogP contribution in [0.5, 0.6) is 0 Å². The fourth-order valence-corrected chi connectivity index (χ4v) is 3.26. The molecule has 0 bridgehead atoms. The van der Waals surface area contributed by atoms with Crippen LogP contribution in [0.15, 0.2) is 23.1 Å². The second-order valence-electron chi connectivity index (χ2n) is 4.59. The number of aromatic carboxylic acids is 1. The molecule has 6 nitrogen and oxygen atoms in total. The molecule has 0 spiro atoms. The fraction of sp³-hybridized carbons (Fsp3) is 0.417. The Balaban J connectivity index is 2.18. The van der Waals surface area contributed by atoms with Crippen molar-refractivity contribution in [3.8, 4) is 0 Å². The van der Waals surface area contributed by atoms with Crippen molar-refractivity contribution in [2.24, 2.45) is 0 Å². The molecule has 0 amide bonds. The molecule has 0 radical (unpaired) electrons. The molecule has 110 valence electrons. The van der Waals surface area contributed by atoms with E-state index in [0.717, 1.165) is 18.2 Å². The minimum atomic E-state index is -3.86. The van der Waals surface area contributed by atoms with E-state index in [2.05, 4.69) is 4.72 Å². The highest BCUT2D eigenvalue weighted by Gasteiger charge is 2.33. The third-order valence-corrected chi connectivity index (χ3v) is 4.75. The second kappa shape index (κ2) is 5.47. The highest BCUT2D eigenvalue weighted by Crippen LogP contribution is 2.25. The summed E-state index contributed by atoms with van der Waals surface area (Å²) < 4.78 is 44.8. The van der Waals surface area contributed by atoms with Crippen LogP contribution in [0.2, 0.25) is 0 Å². The van der Waals surface area contributed by atoms with Crippen molar-refractivity contribution >= 4 is 16.0 Å². The number of halogens is 1. The Hall–Kier alpha value is -1.51. The first kappa shape index (κ1) is 14.9. The van der Waals surface area contributed by atoms with Crippen LogP contribution < -0.4 is 4.72 Å². The summed E-state index contributed by atoms with van der Waals surface area (Å²) in [6.07, 6.45) is 1.15. The van der Waals surface area contributed by atoms with E-state index in [9.17, 15) is 17.6 Å². The lowest BCUT2D eigenvalue weighted by molar-refractivity contribution is 0.0236. The van der Waals surface area contributed by atoms with Crippen LogP contribution in [0, 0.1) is 5.82 Å². The first-order valence-corrected chi connectivity index (χ1v) is 7.40. The number of hydrogen-bond donors (Lipinski definition) is 2. The molecule has 0 saturated heterocycles. The van der Waals surface area contributed by atoms with Gasteiger partial charge in [-0.15, -0.1) is 0 Å². The molecule has 1 aromatic rings. The maximum absolute atomic E-state index is 13.2. The van der Waals surface area contributed by atoms with E-state index >= 15 is 0 Å². The van der Waals surface area contributed by atoms with Gasteiger partial charge in [-0.3, -0.25) is 0 Å². The third-order valence-electron chi connectivity index (χ3n) is 3.23. The number of carboxylic acid groups (broad SMARTS) is 1. The van der Waals surface area contributed by atoms with Crippen molar-refractivity contribution in [3.63, 3.8) is 0 Å². The molecule has 0 heterocycles. The zero-order valence-electron chi connectivity index (χ0n) is 10.7. The highest BCUT2D eigenvalue weighted by atomic mass is 32.2. The molecule has 0 unspecified atom stereocenters. The van der Waals surface area contributed by atoms with E-state index < -0.39 is 27.4 Å². The number of nitrogens with one attached hydrogen (secondary N) is 1. The van der Waals surface area contributed by atoms with E-state index in [4.69, 9.17) is 9.84 Å². The number of hydrogen-bond acceptors (Lipinski definition) is 4. The summed E-state index contributed by atoms with van der Waals surface area (Å²) in [5.74, 6) is -2.48. The van der Waals surface area contributed by atoms with Crippen LogP contribution in [-0.2, 0) is 14.8 Å². The van der Waals surface area contributed by atoms with Gasteiger partial charge in [0.1, 0.15) is 5.82 Å². The van der Waals surface area contributed by atoms with Gasteiger partial charge >= 0.3 is 5.97 Å². The molecule has 1 fully saturated rings. The van der Waals surface area contributed by atoms with E-state index in [-0.39, 0.29) is 17.0 Å². The Morgan fingerprint density at radius 1 is 1.45 bits per heavy atom. The highest BCUT2D eigenvalue weighted by molar-refractivity contribution is 7.89. The number of carboxylic acids is 1. The van der Waals surface area contributed by atoms with Crippen LogP contribution in [0.1, 0.15) is 23.2 Å². The van der Waals surface area contributed by atoms with Crippen LogP contribution in [0.25, 0.3) is 0 Å². The summed E-state index contributed by atoms with van der Waals surface area (Å²) in [7, 11) is -2.31. The Morgan fingerprint density at radius 3 is 2.65 bits per heavy atom. The van der Waals surface area contributed by atoms with Gasteiger partial charge in [-0.25, -0.2) is 22.3 Å². The standard InChI is InChI=1S/C12H14FNO5S/c1-19-8-4-7(5-8)14-20(17,18)9-2-3-11(13)10(6-9)12(15)16/h2-3,6-8,14H,4-5H2,1H3,(H,15,16). The van der Waals surface area contributed by atoms with Gasteiger partial charge in [0.2, 0.25) is 10.0 Å². The van der Waals surface area contributed by atoms with Crippen molar-refractivity contribution < 1.29 is 27.4 Å². The van der Waals surface area contributed by atoms with E-state index in [0.29, 0.717) is 12.8 Å². The van der Waals surface area contributed by atoms with Crippen molar-refractivity contribution in [2.75, 3.05) is 7.11 Å². The number of rotatable bonds is 5. The molecule has 1 saturated carbocycles. The number of ether oxygens (including phenoxy) is 1. The topological polar surface area (TPSA) is 92.7 Å². The van der Waals surface area contributed by atoms with Crippen LogP contribution in [0.4, 0.5) is 4.39 Å². The first-order chi connectivity index (χ1) is 9.33. The molecule has 0 aromatic heterocycles. The van der Waals surface area contributed by atoms with Crippen molar-refractivity contribution in [2.45, 2.75) is 29.9 Å². The number of methoxy groups -OCH3 is 1. The quantitative estimate of drug-likeness (QED) is 0.846. The van der Waals surface area contributed by atoms with Gasteiger partial charge in [0.15, 0.2) is 0 Å². The molecule has 1 aliphatic carbocycles. The van der Waals surface area contributed by atoms with Crippen molar-refractivity contribution in [1.82, 2.24) is 4.72 Å². The summed E-state index contributed by atoms with van der Waals surface area (Å²) in [5.41, 5.74) is -0.670.